The molecule has 1 aromatic heterocycles. The van der Waals surface area contributed by atoms with Crippen LogP contribution < -0.4 is 14.8 Å². The smallest absolute Gasteiger partial charge is 0.274 e. The van der Waals surface area contributed by atoms with Crippen molar-refractivity contribution < 1.29 is 14.3 Å². The lowest BCUT2D eigenvalue weighted by Gasteiger charge is -2.32. The Hall–Kier alpha value is -2.87. The zero-order chi connectivity index (χ0) is 19.1. The van der Waals surface area contributed by atoms with E-state index in [1.807, 2.05) is 29.2 Å². The Morgan fingerprint density at radius 2 is 1.78 bits per heavy atom. The number of hydrogen-bond donors (Lipinski definition) is 1. The third kappa shape index (κ3) is 5.30. The second-order valence-electron chi connectivity index (χ2n) is 6.33. The van der Waals surface area contributed by atoms with Crippen LogP contribution in [0.1, 0.15) is 10.5 Å². The number of carbonyl (C=O) groups excluding carboxylic acids is 1. The number of likely N-dealkylation sites (N-methyl/N-ethyl adjacent to an activating group) is 1. The fraction of sp³-hybridized carbons (Fsp3) is 0.421. The first-order valence-electron chi connectivity index (χ1n) is 8.96. The Morgan fingerprint density at radius 1 is 1.07 bits per heavy atom. The third-order valence-corrected chi connectivity index (χ3v) is 4.40. The van der Waals surface area contributed by atoms with Gasteiger partial charge in [-0.1, -0.05) is 0 Å². The summed E-state index contributed by atoms with van der Waals surface area (Å²) >= 11 is 0. The fourth-order valence-electron chi connectivity index (χ4n) is 2.72. The quantitative estimate of drug-likeness (QED) is 0.736. The molecule has 1 aromatic carbocycles. The molecular formula is C19H25N5O3. The normalized spacial score (nSPS) is 14.7. The summed E-state index contributed by atoms with van der Waals surface area (Å²) in [5.41, 5.74) is 0.375. The number of hydrogen-bond acceptors (Lipinski definition) is 7. The summed E-state index contributed by atoms with van der Waals surface area (Å²) in [7, 11) is 3.69. The van der Waals surface area contributed by atoms with E-state index in [9.17, 15) is 4.79 Å². The largest absolute Gasteiger partial charge is 0.497 e. The van der Waals surface area contributed by atoms with Crippen LogP contribution in [0.3, 0.4) is 0 Å². The fourth-order valence-corrected chi connectivity index (χ4v) is 2.72. The summed E-state index contributed by atoms with van der Waals surface area (Å²) in [6, 6.07) is 7.42. The standard InChI is InChI=1S/C19H25N5O3/c1-23-8-10-24(11-9-23)19(25)17-13-22-18(14-21-17)20-7-12-27-16-5-3-15(26-2)4-6-16/h3-6,13-14H,7-12H2,1-2H3,(H,20,22). The number of aromatic nitrogens is 2. The van der Waals surface area contributed by atoms with E-state index in [4.69, 9.17) is 9.47 Å². The van der Waals surface area contributed by atoms with Crippen LogP contribution >= 0.6 is 0 Å². The minimum absolute atomic E-state index is 0.0648. The summed E-state index contributed by atoms with van der Waals surface area (Å²) < 4.78 is 10.8. The average Bonchev–Trinajstić information content (AvgIpc) is 2.72. The van der Waals surface area contributed by atoms with Crippen LogP contribution in [0.15, 0.2) is 36.7 Å². The van der Waals surface area contributed by atoms with Gasteiger partial charge in [-0.3, -0.25) is 4.79 Å². The molecule has 0 radical (unpaired) electrons. The van der Waals surface area contributed by atoms with E-state index in [1.54, 1.807) is 13.3 Å². The van der Waals surface area contributed by atoms with E-state index >= 15 is 0 Å². The van der Waals surface area contributed by atoms with Gasteiger partial charge in [0.25, 0.3) is 5.91 Å². The molecule has 0 saturated carbocycles. The van der Waals surface area contributed by atoms with Gasteiger partial charge >= 0.3 is 0 Å². The van der Waals surface area contributed by atoms with Crippen LogP contribution in [0.2, 0.25) is 0 Å². The Balaban J connectivity index is 1.42. The van der Waals surface area contributed by atoms with Crippen LogP contribution in [-0.2, 0) is 0 Å². The molecule has 0 spiro atoms. The SMILES string of the molecule is COc1ccc(OCCNc2cnc(C(=O)N3CCN(C)CC3)cn2)cc1. The van der Waals surface area contributed by atoms with Crippen molar-refractivity contribution in [2.45, 2.75) is 0 Å². The summed E-state index contributed by atoms with van der Waals surface area (Å²) in [4.78, 5) is 25.0. The summed E-state index contributed by atoms with van der Waals surface area (Å²) in [5, 5.41) is 3.13. The van der Waals surface area contributed by atoms with Gasteiger partial charge in [-0.05, 0) is 31.3 Å². The molecule has 144 valence electrons. The number of rotatable bonds is 7. The first-order valence-corrected chi connectivity index (χ1v) is 8.96. The van der Waals surface area contributed by atoms with Crippen LogP contribution in [-0.4, -0.2) is 79.2 Å². The van der Waals surface area contributed by atoms with Gasteiger partial charge in [0.05, 0.1) is 26.0 Å². The molecule has 0 atom stereocenters. The second kappa shape index (κ2) is 9.18. The van der Waals surface area contributed by atoms with Gasteiger partial charge in [-0.25, -0.2) is 9.97 Å². The van der Waals surface area contributed by atoms with E-state index in [1.165, 1.54) is 6.20 Å². The molecular weight excluding hydrogens is 346 g/mol. The maximum Gasteiger partial charge on any atom is 0.274 e. The van der Waals surface area contributed by atoms with Crippen molar-refractivity contribution in [1.82, 2.24) is 19.8 Å². The van der Waals surface area contributed by atoms with Crippen molar-refractivity contribution in [2.24, 2.45) is 0 Å². The number of anilines is 1. The van der Waals surface area contributed by atoms with Gasteiger partial charge in [0, 0.05) is 26.2 Å². The van der Waals surface area contributed by atoms with E-state index in [0.717, 1.165) is 37.7 Å². The number of piperazine rings is 1. The molecule has 1 aliphatic heterocycles. The Kier molecular flexibility index (Phi) is 6.43. The van der Waals surface area contributed by atoms with E-state index in [0.29, 0.717) is 24.7 Å². The predicted molar refractivity (Wildman–Crippen MR) is 102 cm³/mol. The lowest BCUT2D eigenvalue weighted by molar-refractivity contribution is 0.0658. The predicted octanol–water partition coefficient (Wildman–Crippen LogP) is 1.36. The maximum atomic E-state index is 12.4. The van der Waals surface area contributed by atoms with Crippen LogP contribution in [0.4, 0.5) is 5.82 Å². The highest BCUT2D eigenvalue weighted by molar-refractivity contribution is 5.92. The van der Waals surface area contributed by atoms with Crippen molar-refractivity contribution in [1.29, 1.82) is 0 Å². The number of nitrogens with zero attached hydrogens (tertiary/aromatic N) is 4. The van der Waals surface area contributed by atoms with Gasteiger partial charge < -0.3 is 24.6 Å². The molecule has 8 heteroatoms. The first-order chi connectivity index (χ1) is 13.2. The molecule has 2 aromatic rings. The van der Waals surface area contributed by atoms with Crippen LogP contribution in [0, 0.1) is 0 Å². The number of nitrogens with one attached hydrogen (secondary N) is 1. The second-order valence-corrected chi connectivity index (χ2v) is 6.33. The lowest BCUT2D eigenvalue weighted by Crippen LogP contribution is -2.47. The van der Waals surface area contributed by atoms with Crippen molar-refractivity contribution in [3.8, 4) is 11.5 Å². The summed E-state index contributed by atoms with van der Waals surface area (Å²) in [5.74, 6) is 2.12. The Labute approximate surface area is 159 Å². The zero-order valence-electron chi connectivity index (χ0n) is 15.7. The Bertz CT molecular complexity index is 728. The number of ether oxygens (including phenoxy) is 2. The molecule has 1 amide bonds. The van der Waals surface area contributed by atoms with Crippen molar-refractivity contribution >= 4 is 11.7 Å². The highest BCUT2D eigenvalue weighted by Gasteiger charge is 2.21. The van der Waals surface area contributed by atoms with Crippen molar-refractivity contribution in [2.75, 3.05) is 58.8 Å². The van der Waals surface area contributed by atoms with Gasteiger partial charge in [-0.2, -0.15) is 0 Å². The molecule has 8 nitrogen and oxygen atoms in total. The van der Waals surface area contributed by atoms with Crippen LogP contribution in [0.25, 0.3) is 0 Å². The topological polar surface area (TPSA) is 79.8 Å². The number of benzene rings is 1. The van der Waals surface area contributed by atoms with Crippen molar-refractivity contribution in [3.63, 3.8) is 0 Å². The number of amides is 1. The third-order valence-electron chi connectivity index (χ3n) is 4.40. The first kappa shape index (κ1) is 18.9. The highest BCUT2D eigenvalue weighted by atomic mass is 16.5. The van der Waals surface area contributed by atoms with E-state index in [-0.39, 0.29) is 5.91 Å². The molecule has 1 aliphatic rings. The van der Waals surface area contributed by atoms with E-state index in [2.05, 4.69) is 27.2 Å². The number of carbonyl (C=O) groups is 1. The molecule has 0 unspecified atom stereocenters. The van der Waals surface area contributed by atoms with Crippen molar-refractivity contribution in [3.05, 3.63) is 42.4 Å². The van der Waals surface area contributed by atoms with Gasteiger partial charge in [0.2, 0.25) is 0 Å². The van der Waals surface area contributed by atoms with Gasteiger partial charge in [-0.15, -0.1) is 0 Å². The Morgan fingerprint density at radius 3 is 2.41 bits per heavy atom. The molecule has 1 fully saturated rings. The maximum absolute atomic E-state index is 12.4. The molecule has 2 heterocycles. The lowest BCUT2D eigenvalue weighted by atomic mass is 10.3. The minimum Gasteiger partial charge on any atom is -0.497 e. The number of methoxy groups -OCH3 is 1. The summed E-state index contributed by atoms with van der Waals surface area (Å²) in [6.07, 6.45) is 3.10. The molecule has 1 N–H and O–H groups in total. The minimum atomic E-state index is -0.0648. The van der Waals surface area contributed by atoms with Crippen LogP contribution in [0.5, 0.6) is 11.5 Å². The highest BCUT2D eigenvalue weighted by Crippen LogP contribution is 2.16. The molecule has 1 saturated heterocycles. The van der Waals surface area contributed by atoms with Gasteiger partial charge in [0.1, 0.15) is 29.6 Å². The summed E-state index contributed by atoms with van der Waals surface area (Å²) in [6.45, 7) is 4.27. The monoisotopic (exact) mass is 371 g/mol. The molecule has 0 bridgehead atoms. The zero-order valence-corrected chi connectivity index (χ0v) is 15.7. The molecule has 3 rings (SSSR count). The molecule has 27 heavy (non-hydrogen) atoms. The van der Waals surface area contributed by atoms with E-state index < -0.39 is 0 Å². The molecule has 0 aliphatic carbocycles. The van der Waals surface area contributed by atoms with Gasteiger partial charge in [0.15, 0.2) is 0 Å². The average molecular weight is 371 g/mol.